The van der Waals surface area contributed by atoms with E-state index in [1.165, 1.54) is 22.3 Å². The Bertz CT molecular complexity index is 1260. The second-order valence-corrected chi connectivity index (χ2v) is 8.03. The Labute approximate surface area is 187 Å². The number of nitrogens with zero attached hydrogens (tertiary/aromatic N) is 2. The van der Waals surface area contributed by atoms with Crippen molar-refractivity contribution in [2.45, 2.75) is 12.3 Å². The van der Waals surface area contributed by atoms with Gasteiger partial charge >= 0.3 is 6.09 Å². The van der Waals surface area contributed by atoms with Crippen LogP contribution in [0.4, 0.5) is 4.79 Å². The molecule has 3 aromatic carbocycles. The molecule has 1 aromatic heterocycles. The molecule has 0 unspecified atom stereocenters. The molecule has 0 bridgehead atoms. The fourth-order valence-electron chi connectivity index (χ4n) is 4.39. The molecule has 0 fully saturated rings. The van der Waals surface area contributed by atoms with E-state index in [2.05, 4.69) is 65.0 Å². The summed E-state index contributed by atoms with van der Waals surface area (Å²) < 4.78 is 7.44. The first-order valence-electron chi connectivity index (χ1n) is 10.9. The number of hydrogen-bond acceptors (Lipinski definition) is 3. The Kier molecular flexibility index (Phi) is 5.46. The molecule has 0 spiro atoms. The van der Waals surface area contributed by atoms with E-state index in [1.807, 2.05) is 42.2 Å². The molecule has 4 aromatic rings. The summed E-state index contributed by atoms with van der Waals surface area (Å²) in [4.78, 5) is 12.2. The van der Waals surface area contributed by atoms with Gasteiger partial charge in [-0.3, -0.25) is 4.68 Å². The zero-order valence-corrected chi connectivity index (χ0v) is 18.0. The highest BCUT2D eigenvalue weighted by Crippen LogP contribution is 2.44. The number of aryl methyl sites for hydroxylation is 1. The van der Waals surface area contributed by atoms with E-state index in [1.54, 1.807) is 0 Å². The van der Waals surface area contributed by atoms with Crippen LogP contribution in [-0.4, -0.2) is 29.0 Å². The number of fused-ring (bicyclic) bond motifs is 4. The van der Waals surface area contributed by atoms with Crippen LogP contribution < -0.4 is 5.32 Å². The summed E-state index contributed by atoms with van der Waals surface area (Å²) in [5, 5.41) is 8.24. The fourth-order valence-corrected chi connectivity index (χ4v) is 4.39. The Hall–Kier alpha value is -3.86. The van der Waals surface area contributed by atoms with Crippen LogP contribution >= 0.6 is 0 Å². The number of benzene rings is 3. The fraction of sp³-hybridized carbons (Fsp3) is 0.185. The largest absolute Gasteiger partial charge is 0.449 e. The summed E-state index contributed by atoms with van der Waals surface area (Å²) in [6, 6.07) is 22.9. The average molecular weight is 424 g/mol. The Morgan fingerprint density at radius 1 is 1.06 bits per heavy atom. The highest BCUT2D eigenvalue weighted by Gasteiger charge is 2.28. The maximum absolute atomic E-state index is 12.2. The molecule has 160 valence electrons. The highest BCUT2D eigenvalue weighted by atomic mass is 16.5. The molecular formula is C27H25N3O2. The van der Waals surface area contributed by atoms with Gasteiger partial charge in [0.2, 0.25) is 0 Å². The van der Waals surface area contributed by atoms with Crippen molar-refractivity contribution >= 4 is 23.1 Å². The van der Waals surface area contributed by atoms with Crippen LogP contribution in [0.25, 0.3) is 28.1 Å². The van der Waals surface area contributed by atoms with Gasteiger partial charge in [0.25, 0.3) is 0 Å². The molecule has 5 heteroatoms. The van der Waals surface area contributed by atoms with Crippen LogP contribution in [0.2, 0.25) is 0 Å². The van der Waals surface area contributed by atoms with Crippen LogP contribution in [0.5, 0.6) is 0 Å². The van der Waals surface area contributed by atoms with Crippen LogP contribution in [0.1, 0.15) is 29.0 Å². The monoisotopic (exact) mass is 423 g/mol. The van der Waals surface area contributed by atoms with Crippen molar-refractivity contribution in [1.29, 1.82) is 0 Å². The van der Waals surface area contributed by atoms with E-state index in [0.29, 0.717) is 13.2 Å². The van der Waals surface area contributed by atoms with Gasteiger partial charge in [0, 0.05) is 24.9 Å². The third-order valence-corrected chi connectivity index (χ3v) is 6.01. The van der Waals surface area contributed by atoms with Crippen molar-refractivity contribution in [2.75, 3.05) is 13.2 Å². The van der Waals surface area contributed by atoms with E-state index in [-0.39, 0.29) is 12.0 Å². The first kappa shape index (κ1) is 20.1. The van der Waals surface area contributed by atoms with Gasteiger partial charge in [0.1, 0.15) is 6.61 Å². The standard InChI is InChI=1S/C27H25N3O2/c1-30-26-16-19(13-14-20(26)17-29-30)8-6-7-15-28-27(31)32-18-25-23-11-4-2-9-21(23)22-10-3-5-12-24(22)25/h2-6,8-14,16-17,25H,7,15,18H2,1H3,(H,28,31). The van der Waals surface area contributed by atoms with Crippen LogP contribution in [0.3, 0.4) is 0 Å². The van der Waals surface area contributed by atoms with E-state index in [4.69, 9.17) is 4.74 Å². The van der Waals surface area contributed by atoms with Crippen LogP contribution in [-0.2, 0) is 11.8 Å². The third kappa shape index (κ3) is 3.89. The van der Waals surface area contributed by atoms with Gasteiger partial charge in [0.05, 0.1) is 11.7 Å². The topological polar surface area (TPSA) is 56.2 Å². The summed E-state index contributed by atoms with van der Waals surface area (Å²) >= 11 is 0. The predicted octanol–water partition coefficient (Wildman–Crippen LogP) is 5.52. The van der Waals surface area contributed by atoms with Crippen LogP contribution in [0.15, 0.2) is 79.0 Å². The summed E-state index contributed by atoms with van der Waals surface area (Å²) in [5.74, 6) is 0.0787. The minimum absolute atomic E-state index is 0.0787. The number of carbonyl (C=O) groups excluding carboxylic acids is 1. The van der Waals surface area contributed by atoms with Gasteiger partial charge in [-0.2, -0.15) is 5.10 Å². The molecule has 0 atom stereocenters. The van der Waals surface area contributed by atoms with E-state index >= 15 is 0 Å². The Morgan fingerprint density at radius 3 is 2.53 bits per heavy atom. The number of carbonyl (C=O) groups is 1. The molecule has 1 amide bonds. The normalized spacial score (nSPS) is 12.8. The van der Waals surface area contributed by atoms with Gasteiger partial charge in [-0.1, -0.05) is 72.8 Å². The van der Waals surface area contributed by atoms with Crippen molar-refractivity contribution in [3.8, 4) is 11.1 Å². The van der Waals surface area contributed by atoms with Gasteiger partial charge in [0.15, 0.2) is 0 Å². The highest BCUT2D eigenvalue weighted by molar-refractivity contribution is 5.81. The molecule has 1 heterocycles. The maximum Gasteiger partial charge on any atom is 0.407 e. The summed E-state index contributed by atoms with van der Waals surface area (Å²) in [6.45, 7) is 0.863. The number of amides is 1. The lowest BCUT2D eigenvalue weighted by Gasteiger charge is -2.14. The first-order valence-corrected chi connectivity index (χ1v) is 10.9. The SMILES string of the molecule is Cn1ncc2ccc(C=CCCNC(=O)OCC3c4ccccc4-c4ccccc43)cc21. The number of rotatable bonds is 6. The average Bonchev–Trinajstić information content (AvgIpc) is 3.35. The molecule has 0 saturated heterocycles. The van der Waals surface area contributed by atoms with Crippen molar-refractivity contribution in [3.05, 3.63) is 95.7 Å². The van der Waals surface area contributed by atoms with Crippen molar-refractivity contribution in [1.82, 2.24) is 15.1 Å². The number of aromatic nitrogens is 2. The molecular weight excluding hydrogens is 398 g/mol. The van der Waals surface area contributed by atoms with Gasteiger partial charge < -0.3 is 10.1 Å². The molecule has 32 heavy (non-hydrogen) atoms. The zero-order chi connectivity index (χ0) is 21.9. The molecule has 0 radical (unpaired) electrons. The third-order valence-electron chi connectivity index (χ3n) is 6.01. The molecule has 1 N–H and O–H groups in total. The molecule has 1 aliphatic rings. The second-order valence-electron chi connectivity index (χ2n) is 8.03. The molecule has 5 rings (SSSR count). The lowest BCUT2D eigenvalue weighted by molar-refractivity contribution is 0.143. The maximum atomic E-state index is 12.2. The Morgan fingerprint density at radius 2 is 1.78 bits per heavy atom. The smallest absolute Gasteiger partial charge is 0.407 e. The van der Waals surface area contributed by atoms with Crippen molar-refractivity contribution < 1.29 is 9.53 Å². The first-order chi connectivity index (χ1) is 15.7. The number of ether oxygens (including phenoxy) is 1. The minimum Gasteiger partial charge on any atom is -0.449 e. The summed E-state index contributed by atoms with van der Waals surface area (Å²) in [6.07, 6.45) is 6.33. The molecule has 5 nitrogen and oxygen atoms in total. The predicted molar refractivity (Wildman–Crippen MR) is 127 cm³/mol. The van der Waals surface area contributed by atoms with E-state index in [9.17, 15) is 4.79 Å². The molecule has 0 aliphatic heterocycles. The van der Waals surface area contributed by atoms with Crippen LogP contribution in [0, 0.1) is 0 Å². The minimum atomic E-state index is -0.378. The van der Waals surface area contributed by atoms with E-state index in [0.717, 1.165) is 22.9 Å². The zero-order valence-electron chi connectivity index (χ0n) is 18.0. The Balaban J connectivity index is 1.12. The lowest BCUT2D eigenvalue weighted by atomic mass is 9.98. The number of hydrogen-bond donors (Lipinski definition) is 1. The quantitative estimate of drug-likeness (QED) is 0.416. The number of nitrogens with one attached hydrogen (secondary N) is 1. The summed E-state index contributed by atoms with van der Waals surface area (Å²) in [5.41, 5.74) is 7.11. The lowest BCUT2D eigenvalue weighted by Crippen LogP contribution is -2.26. The van der Waals surface area contributed by atoms with Gasteiger partial charge in [-0.15, -0.1) is 0 Å². The van der Waals surface area contributed by atoms with Crippen molar-refractivity contribution in [3.63, 3.8) is 0 Å². The number of alkyl carbamates (subject to hydrolysis) is 1. The van der Waals surface area contributed by atoms with Gasteiger partial charge in [-0.25, -0.2) is 4.79 Å². The summed E-state index contributed by atoms with van der Waals surface area (Å²) in [7, 11) is 1.94. The second kappa shape index (κ2) is 8.71. The molecule has 0 saturated carbocycles. The molecule has 1 aliphatic carbocycles. The van der Waals surface area contributed by atoms with Crippen molar-refractivity contribution in [2.24, 2.45) is 7.05 Å². The van der Waals surface area contributed by atoms with Gasteiger partial charge in [-0.05, 0) is 40.3 Å². The van der Waals surface area contributed by atoms with E-state index < -0.39 is 0 Å².